The van der Waals surface area contributed by atoms with E-state index in [1.54, 1.807) is 6.92 Å². The summed E-state index contributed by atoms with van der Waals surface area (Å²) in [5, 5.41) is 14.3. The van der Waals surface area contributed by atoms with Crippen LogP contribution in [0.5, 0.6) is 0 Å². The highest BCUT2D eigenvalue weighted by molar-refractivity contribution is 6.18. The Bertz CT molecular complexity index is 837. The van der Waals surface area contributed by atoms with Gasteiger partial charge in [0, 0.05) is 6.07 Å². The molecule has 0 bridgehead atoms. The molecule has 1 unspecified atom stereocenters. The van der Waals surface area contributed by atoms with Gasteiger partial charge in [0.25, 0.3) is 5.91 Å². The Morgan fingerprint density at radius 2 is 1.73 bits per heavy atom. The fourth-order valence-corrected chi connectivity index (χ4v) is 2.54. The standard InChI is InChI=1S/C19H22N5O.CH3/c1-14-18(19(25)23(22-14)16-10-6-5-7-11-16)21-20-15-9-8-12-17(13-15)24(2,3)4;/h5-13,18H,1-4H3;1H3/q+1;-1. The number of carbonyl (C=O) groups is 1. The summed E-state index contributed by atoms with van der Waals surface area (Å²) in [5.41, 5.74) is 3.21. The van der Waals surface area contributed by atoms with E-state index in [0.717, 1.165) is 17.1 Å². The minimum absolute atomic E-state index is 0. The monoisotopic (exact) mass is 351 g/mol. The van der Waals surface area contributed by atoms with E-state index in [4.69, 9.17) is 0 Å². The molecule has 0 radical (unpaired) electrons. The zero-order valence-corrected chi connectivity index (χ0v) is 15.9. The van der Waals surface area contributed by atoms with Crippen LogP contribution in [0.15, 0.2) is 69.9 Å². The third kappa shape index (κ3) is 4.03. The average molecular weight is 351 g/mol. The summed E-state index contributed by atoms with van der Waals surface area (Å²) in [7, 11) is 6.27. The summed E-state index contributed by atoms with van der Waals surface area (Å²) in [6.07, 6.45) is 0. The van der Waals surface area contributed by atoms with Gasteiger partial charge >= 0.3 is 0 Å². The average Bonchev–Trinajstić information content (AvgIpc) is 2.88. The van der Waals surface area contributed by atoms with E-state index in [1.165, 1.54) is 5.01 Å². The summed E-state index contributed by atoms with van der Waals surface area (Å²) in [4.78, 5) is 12.6. The molecule has 1 amide bonds. The largest absolute Gasteiger partial charge is 0.358 e. The van der Waals surface area contributed by atoms with Crippen LogP contribution in [-0.4, -0.2) is 38.8 Å². The molecule has 6 heteroatoms. The zero-order chi connectivity index (χ0) is 18.0. The van der Waals surface area contributed by atoms with Crippen molar-refractivity contribution >= 4 is 28.7 Å². The molecule has 0 aliphatic carbocycles. The highest BCUT2D eigenvalue weighted by Gasteiger charge is 2.34. The van der Waals surface area contributed by atoms with E-state index >= 15 is 0 Å². The van der Waals surface area contributed by atoms with Crippen molar-refractivity contribution in [2.24, 2.45) is 15.3 Å². The first-order chi connectivity index (χ1) is 11.9. The predicted octanol–water partition coefficient (Wildman–Crippen LogP) is 4.21. The minimum Gasteiger partial charge on any atom is -0.358 e. The molecule has 0 spiro atoms. The summed E-state index contributed by atoms with van der Waals surface area (Å²) < 4.78 is 0.688. The van der Waals surface area contributed by atoms with E-state index in [9.17, 15) is 4.79 Å². The maximum absolute atomic E-state index is 12.6. The number of carbonyl (C=O) groups excluding carboxylic acids is 1. The van der Waals surface area contributed by atoms with Gasteiger partial charge in [0.05, 0.1) is 38.2 Å². The van der Waals surface area contributed by atoms with Crippen LogP contribution in [0.3, 0.4) is 0 Å². The van der Waals surface area contributed by atoms with Gasteiger partial charge in [-0.15, -0.1) is 0 Å². The first-order valence-corrected chi connectivity index (χ1v) is 8.13. The van der Waals surface area contributed by atoms with Crippen molar-refractivity contribution < 1.29 is 4.79 Å². The highest BCUT2D eigenvalue weighted by atomic mass is 16.2. The van der Waals surface area contributed by atoms with Crippen molar-refractivity contribution in [1.82, 2.24) is 4.48 Å². The Balaban J connectivity index is 0.00000243. The first kappa shape index (κ1) is 19.5. The Hall–Kier alpha value is -2.86. The van der Waals surface area contributed by atoms with Crippen molar-refractivity contribution in [2.75, 3.05) is 26.2 Å². The van der Waals surface area contributed by atoms with Crippen LogP contribution in [0.25, 0.3) is 0 Å². The first-order valence-electron chi connectivity index (χ1n) is 8.13. The van der Waals surface area contributed by atoms with Crippen molar-refractivity contribution in [3.63, 3.8) is 0 Å². The number of benzene rings is 2. The molecule has 2 aromatic rings. The van der Waals surface area contributed by atoms with Crippen LogP contribution in [0.2, 0.25) is 0 Å². The van der Waals surface area contributed by atoms with Crippen LogP contribution >= 0.6 is 0 Å². The van der Waals surface area contributed by atoms with Gasteiger partial charge in [-0.05, 0) is 31.2 Å². The zero-order valence-electron chi connectivity index (χ0n) is 15.9. The van der Waals surface area contributed by atoms with Gasteiger partial charge in [-0.1, -0.05) is 24.3 Å². The molecule has 6 nitrogen and oxygen atoms in total. The number of nitrogens with zero attached hydrogens (tertiary/aromatic N) is 5. The summed E-state index contributed by atoms with van der Waals surface area (Å²) in [5.74, 6) is -0.185. The maximum Gasteiger partial charge on any atom is 0.280 e. The van der Waals surface area contributed by atoms with Crippen LogP contribution < -0.4 is 9.49 Å². The fourth-order valence-electron chi connectivity index (χ4n) is 2.54. The molecule has 0 N–H and O–H groups in total. The smallest absolute Gasteiger partial charge is 0.280 e. The number of azo groups is 1. The van der Waals surface area contributed by atoms with Gasteiger partial charge in [0.15, 0.2) is 6.04 Å². The number of hydrogen-bond acceptors (Lipinski definition) is 4. The van der Waals surface area contributed by atoms with Gasteiger partial charge in [-0.25, -0.2) is 0 Å². The van der Waals surface area contributed by atoms with Crippen molar-refractivity contribution in [3.05, 3.63) is 62.0 Å². The number of para-hydroxylation sites is 1. The van der Waals surface area contributed by atoms with Gasteiger partial charge in [0.1, 0.15) is 5.69 Å². The Morgan fingerprint density at radius 3 is 2.38 bits per heavy atom. The van der Waals surface area contributed by atoms with Crippen LogP contribution in [0.4, 0.5) is 17.1 Å². The maximum atomic E-state index is 12.6. The molecule has 0 saturated heterocycles. The molecule has 0 saturated carbocycles. The number of rotatable bonds is 4. The number of amides is 1. The number of quaternary nitrogens is 1. The third-order valence-corrected chi connectivity index (χ3v) is 3.99. The molecule has 136 valence electrons. The SMILES string of the molecule is CC1=NN(c2ccccc2)C(=O)C1N=Nc1cccc([N+](C)(C)C)c1.[CH3-]. The Kier molecular flexibility index (Phi) is 5.67. The molecule has 0 aromatic heterocycles. The fraction of sp³-hybridized carbons (Fsp3) is 0.250. The van der Waals surface area contributed by atoms with Crippen molar-refractivity contribution in [3.8, 4) is 0 Å². The second-order valence-electron chi connectivity index (χ2n) is 6.88. The molecule has 0 fully saturated rings. The van der Waals surface area contributed by atoms with Crippen LogP contribution in [0.1, 0.15) is 6.92 Å². The van der Waals surface area contributed by atoms with Crippen molar-refractivity contribution in [1.29, 1.82) is 0 Å². The quantitative estimate of drug-likeness (QED) is 0.462. The molecule has 1 atom stereocenters. The van der Waals surface area contributed by atoms with Gasteiger partial charge in [-0.2, -0.15) is 20.3 Å². The molecule has 1 heterocycles. The second kappa shape index (κ2) is 7.58. The van der Waals surface area contributed by atoms with Crippen molar-refractivity contribution in [2.45, 2.75) is 13.0 Å². The lowest BCUT2D eigenvalue weighted by molar-refractivity contribution is -0.117. The molecular formula is C20H25N5O. The molecule has 26 heavy (non-hydrogen) atoms. The molecule has 1 aliphatic heterocycles. The van der Waals surface area contributed by atoms with E-state index in [-0.39, 0.29) is 13.3 Å². The predicted molar refractivity (Wildman–Crippen MR) is 108 cm³/mol. The highest BCUT2D eigenvalue weighted by Crippen LogP contribution is 2.26. The third-order valence-electron chi connectivity index (χ3n) is 3.99. The summed E-state index contributed by atoms with van der Waals surface area (Å²) in [6, 6.07) is 16.5. The second-order valence-corrected chi connectivity index (χ2v) is 6.88. The molecular weight excluding hydrogens is 326 g/mol. The van der Waals surface area contributed by atoms with E-state index < -0.39 is 6.04 Å². The van der Waals surface area contributed by atoms with Gasteiger partial charge < -0.3 is 7.43 Å². The van der Waals surface area contributed by atoms with Gasteiger partial charge in [-0.3, -0.25) is 9.28 Å². The van der Waals surface area contributed by atoms with Crippen LogP contribution in [-0.2, 0) is 4.79 Å². The Labute approximate surface area is 155 Å². The normalized spacial score (nSPS) is 17.4. The summed E-state index contributed by atoms with van der Waals surface area (Å²) >= 11 is 0. The number of hydrazone groups is 1. The lowest BCUT2D eigenvalue weighted by Gasteiger charge is -2.23. The number of hydrogen-bond donors (Lipinski definition) is 0. The lowest BCUT2D eigenvalue weighted by Crippen LogP contribution is -2.34. The Morgan fingerprint density at radius 1 is 1.04 bits per heavy atom. The van der Waals surface area contributed by atoms with E-state index in [0.29, 0.717) is 10.2 Å². The minimum atomic E-state index is -0.673. The number of anilines is 1. The lowest BCUT2D eigenvalue weighted by atomic mass is 10.2. The van der Waals surface area contributed by atoms with Crippen LogP contribution in [0, 0.1) is 7.43 Å². The topological polar surface area (TPSA) is 57.4 Å². The van der Waals surface area contributed by atoms with E-state index in [2.05, 4.69) is 36.5 Å². The molecule has 2 aromatic carbocycles. The van der Waals surface area contributed by atoms with E-state index in [1.807, 2.05) is 54.6 Å². The summed E-state index contributed by atoms with van der Waals surface area (Å²) in [6.45, 7) is 1.80. The molecule has 3 rings (SSSR count). The molecule has 1 aliphatic rings. The van der Waals surface area contributed by atoms with Gasteiger partial charge in [0.2, 0.25) is 0 Å².